The van der Waals surface area contributed by atoms with Gasteiger partial charge in [-0.3, -0.25) is 0 Å². The lowest BCUT2D eigenvalue weighted by Crippen LogP contribution is -1.61. The molecule has 5 heteroatoms. The second kappa shape index (κ2) is 4.56. The summed E-state index contributed by atoms with van der Waals surface area (Å²) in [4.78, 5) is 0. The van der Waals surface area contributed by atoms with Crippen molar-refractivity contribution in [3.63, 3.8) is 0 Å². The van der Waals surface area contributed by atoms with Crippen molar-refractivity contribution in [3.8, 4) is 0 Å². The minimum atomic E-state index is 1.58. The highest BCUT2D eigenvalue weighted by molar-refractivity contribution is 4.54. The standard InChI is InChI=1S/C2H3N3.N2/c1-2-4-5-3-1;1-2/h1-2H,(H,3,4,5);. The highest BCUT2D eigenvalue weighted by Gasteiger charge is 1.57. The molecule has 0 amide bonds. The van der Waals surface area contributed by atoms with Crippen LogP contribution in [0.5, 0.6) is 0 Å². The van der Waals surface area contributed by atoms with E-state index in [0.717, 1.165) is 0 Å². The molecule has 5 nitrogen and oxygen atoms in total. The predicted octanol–water partition coefficient (Wildman–Crippen LogP) is -0.165. The fraction of sp³-hybridized carbons (Fsp3) is 0. The van der Waals surface area contributed by atoms with E-state index in [9.17, 15) is 0 Å². The zero-order chi connectivity index (χ0) is 5.54. The third-order valence-corrected chi connectivity index (χ3v) is 0.331. The average Bonchev–Trinajstić information content (AvgIpc) is 2.23. The van der Waals surface area contributed by atoms with Crippen molar-refractivity contribution in [2.24, 2.45) is 0 Å². The van der Waals surface area contributed by atoms with Crippen LogP contribution in [0.25, 0.3) is 0 Å². The second-order valence-electron chi connectivity index (χ2n) is 0.656. The second-order valence-corrected chi connectivity index (χ2v) is 0.656. The maximum atomic E-state index is 6.00. The lowest BCUT2D eigenvalue weighted by atomic mass is 11.0. The lowest BCUT2D eigenvalue weighted by molar-refractivity contribution is 0.940. The van der Waals surface area contributed by atoms with Gasteiger partial charge in [0.05, 0.1) is 12.4 Å². The molecule has 1 aromatic rings. The summed E-state index contributed by atoms with van der Waals surface area (Å²) >= 11 is 0. The Balaban J connectivity index is 0.000000162. The smallest absolute Gasteiger partial charge is 0.0690 e. The molecule has 1 N–H and O–H groups in total. The number of nitrogens with zero attached hydrogens (tertiary/aromatic N) is 4. The molecule has 0 spiro atoms. The molecule has 1 rings (SSSR count). The molecular formula is C2H3N5. The Hall–Kier alpha value is -1.44. The quantitative estimate of drug-likeness (QED) is 0.455. The summed E-state index contributed by atoms with van der Waals surface area (Å²) in [5, 5.41) is 21.3. The molecule has 1 aromatic heterocycles. The number of aromatic amines is 1. The van der Waals surface area contributed by atoms with E-state index in [1.807, 2.05) is 0 Å². The highest BCUT2D eigenvalue weighted by Crippen LogP contribution is 1.55. The van der Waals surface area contributed by atoms with Gasteiger partial charge in [-0.1, -0.05) is 0 Å². The first-order chi connectivity index (χ1) is 3.50. The molecule has 0 bridgehead atoms. The van der Waals surface area contributed by atoms with E-state index in [1.165, 1.54) is 0 Å². The molecule has 0 aliphatic heterocycles. The molecule has 0 aliphatic rings. The Morgan fingerprint density at radius 1 is 1.14 bits per heavy atom. The molecule has 1 heterocycles. The summed E-state index contributed by atoms with van der Waals surface area (Å²) in [6.45, 7) is 0. The molecule has 0 radical (unpaired) electrons. The first kappa shape index (κ1) is 5.56. The van der Waals surface area contributed by atoms with Gasteiger partial charge < -0.3 is 0 Å². The van der Waals surface area contributed by atoms with Crippen molar-refractivity contribution in [2.45, 2.75) is 0 Å². The van der Waals surface area contributed by atoms with Gasteiger partial charge in [-0.05, 0) is 0 Å². The number of aromatic nitrogens is 3. The molecule has 0 atom stereocenters. The van der Waals surface area contributed by atoms with Gasteiger partial charge in [-0.2, -0.15) is 15.4 Å². The Bertz CT molecular complexity index is 89.7. The Kier molecular flexibility index (Phi) is 3.62. The number of hydrogen-bond donors (Lipinski definition) is 1. The van der Waals surface area contributed by atoms with Crippen LogP contribution in [-0.4, -0.2) is 15.4 Å². The van der Waals surface area contributed by atoms with Gasteiger partial charge in [0.2, 0.25) is 0 Å². The predicted molar refractivity (Wildman–Crippen MR) is 19.8 cm³/mol. The number of nitrogens with one attached hydrogen (secondary N) is 1. The third kappa shape index (κ3) is 2.36. The fourth-order valence-electron chi connectivity index (χ4n) is 0.167. The van der Waals surface area contributed by atoms with Crippen molar-refractivity contribution >= 4 is 0 Å². The van der Waals surface area contributed by atoms with Gasteiger partial charge in [0.1, 0.15) is 0 Å². The van der Waals surface area contributed by atoms with Crippen molar-refractivity contribution < 1.29 is 0 Å². The van der Waals surface area contributed by atoms with Gasteiger partial charge in [0.15, 0.2) is 0 Å². The van der Waals surface area contributed by atoms with Crippen LogP contribution in [0.2, 0.25) is 0 Å². The van der Waals surface area contributed by atoms with Gasteiger partial charge in [0, 0.05) is 10.8 Å². The normalized spacial score (nSPS) is 6.00. The van der Waals surface area contributed by atoms with E-state index in [2.05, 4.69) is 15.4 Å². The fourth-order valence-corrected chi connectivity index (χ4v) is 0.167. The van der Waals surface area contributed by atoms with Crippen LogP contribution in [0, 0.1) is 10.8 Å². The maximum absolute atomic E-state index is 6.00. The largest absolute Gasteiger partial charge is 0.198 e. The molecule has 0 fully saturated rings. The molecular weight excluding hydrogens is 94.1 g/mol. The topological polar surface area (TPSA) is 89.1 Å². The SMILES string of the molecule is N#N.c1cn[nH]n1. The van der Waals surface area contributed by atoms with E-state index in [1.54, 1.807) is 12.4 Å². The van der Waals surface area contributed by atoms with Crippen LogP contribution in [0.3, 0.4) is 0 Å². The van der Waals surface area contributed by atoms with Gasteiger partial charge in [0.25, 0.3) is 0 Å². The summed E-state index contributed by atoms with van der Waals surface area (Å²) in [7, 11) is 0. The minimum absolute atomic E-state index is 1.58. The summed E-state index contributed by atoms with van der Waals surface area (Å²) in [5.74, 6) is 0. The molecule has 36 valence electrons. The summed E-state index contributed by atoms with van der Waals surface area (Å²) < 4.78 is 0. The molecule has 0 aliphatic carbocycles. The van der Waals surface area contributed by atoms with Crippen LogP contribution >= 0.6 is 0 Å². The summed E-state index contributed by atoms with van der Waals surface area (Å²) in [5.41, 5.74) is 0. The van der Waals surface area contributed by atoms with E-state index in [4.69, 9.17) is 10.8 Å². The van der Waals surface area contributed by atoms with Crippen LogP contribution in [0.1, 0.15) is 0 Å². The van der Waals surface area contributed by atoms with Crippen LogP contribution < -0.4 is 0 Å². The zero-order valence-corrected chi connectivity index (χ0v) is 3.44. The lowest BCUT2D eigenvalue weighted by Gasteiger charge is -1.48. The van der Waals surface area contributed by atoms with Gasteiger partial charge >= 0.3 is 0 Å². The first-order valence-corrected chi connectivity index (χ1v) is 1.50. The highest BCUT2D eigenvalue weighted by atomic mass is 15.3. The Morgan fingerprint density at radius 2 is 1.57 bits per heavy atom. The van der Waals surface area contributed by atoms with E-state index < -0.39 is 0 Å². The van der Waals surface area contributed by atoms with Crippen molar-refractivity contribution in [3.05, 3.63) is 12.4 Å². The molecule has 0 aromatic carbocycles. The maximum Gasteiger partial charge on any atom is 0.0690 e. The van der Waals surface area contributed by atoms with E-state index in [0.29, 0.717) is 0 Å². The van der Waals surface area contributed by atoms with Crippen LogP contribution in [0.15, 0.2) is 12.4 Å². The average molecular weight is 97.1 g/mol. The minimum Gasteiger partial charge on any atom is -0.198 e. The van der Waals surface area contributed by atoms with Crippen molar-refractivity contribution in [1.29, 1.82) is 10.8 Å². The molecule has 0 unspecified atom stereocenters. The Morgan fingerprint density at radius 3 is 1.71 bits per heavy atom. The monoisotopic (exact) mass is 97.0 g/mol. The number of hydrogen-bond acceptors (Lipinski definition) is 4. The van der Waals surface area contributed by atoms with Crippen molar-refractivity contribution in [2.75, 3.05) is 0 Å². The molecule has 0 saturated carbocycles. The summed E-state index contributed by atoms with van der Waals surface area (Å²) in [6, 6.07) is 0. The Labute approximate surface area is 39.8 Å². The van der Waals surface area contributed by atoms with Gasteiger partial charge in [-0.25, -0.2) is 0 Å². The van der Waals surface area contributed by atoms with Crippen LogP contribution in [0.4, 0.5) is 0 Å². The van der Waals surface area contributed by atoms with Crippen LogP contribution in [-0.2, 0) is 0 Å². The van der Waals surface area contributed by atoms with Crippen molar-refractivity contribution in [1.82, 2.24) is 15.4 Å². The summed E-state index contributed by atoms with van der Waals surface area (Å²) in [6.07, 6.45) is 3.17. The number of rotatable bonds is 0. The van der Waals surface area contributed by atoms with E-state index >= 15 is 0 Å². The molecule has 0 saturated heterocycles. The number of H-pyrrole nitrogens is 1. The van der Waals surface area contributed by atoms with Gasteiger partial charge in [-0.15, -0.1) is 0 Å². The first-order valence-electron chi connectivity index (χ1n) is 1.50. The third-order valence-electron chi connectivity index (χ3n) is 0.331. The zero-order valence-electron chi connectivity index (χ0n) is 3.44. The van der Waals surface area contributed by atoms with E-state index in [-0.39, 0.29) is 0 Å². The molecule has 7 heavy (non-hydrogen) atoms.